The molecule has 0 radical (unpaired) electrons. The van der Waals surface area contributed by atoms with Gasteiger partial charge in [-0.2, -0.15) is 0 Å². The van der Waals surface area contributed by atoms with E-state index in [2.05, 4.69) is 15.1 Å². The Kier molecular flexibility index (Phi) is 4.65. The number of aromatic nitrogens is 2. The second-order valence-electron chi connectivity index (χ2n) is 4.46. The fourth-order valence-electron chi connectivity index (χ4n) is 2.04. The molecule has 0 aliphatic heterocycles. The quantitative estimate of drug-likeness (QED) is 0.372. The summed E-state index contributed by atoms with van der Waals surface area (Å²) in [5, 5.41) is 11.5. The zero-order chi connectivity index (χ0) is 15.2. The summed E-state index contributed by atoms with van der Waals surface area (Å²) in [4.78, 5) is 22.7. The van der Waals surface area contributed by atoms with Crippen molar-refractivity contribution in [2.24, 2.45) is 10.9 Å². The van der Waals surface area contributed by atoms with Crippen LogP contribution in [0.3, 0.4) is 0 Å². The van der Waals surface area contributed by atoms with Crippen LogP contribution in [0.1, 0.15) is 23.7 Å². The third-order valence-electron chi connectivity index (χ3n) is 3.16. The molecule has 0 aliphatic carbocycles. The van der Waals surface area contributed by atoms with Crippen LogP contribution in [-0.2, 0) is 0 Å². The molecule has 1 heterocycles. The summed E-state index contributed by atoms with van der Waals surface area (Å²) >= 11 is 0. The number of nitrogens with zero attached hydrogens (tertiary/aromatic N) is 4. The number of oxime groups is 1. The number of para-hydroxylation sites is 1. The van der Waals surface area contributed by atoms with Gasteiger partial charge in [0.05, 0.1) is 11.1 Å². The van der Waals surface area contributed by atoms with E-state index in [-0.39, 0.29) is 11.7 Å². The molecule has 7 nitrogen and oxygen atoms in total. The maximum absolute atomic E-state index is 12.6. The van der Waals surface area contributed by atoms with Crippen LogP contribution in [0.5, 0.6) is 0 Å². The molecule has 3 N–H and O–H groups in total. The van der Waals surface area contributed by atoms with Gasteiger partial charge in [-0.05, 0) is 19.1 Å². The minimum Gasteiger partial charge on any atom is -0.409 e. The number of fused-ring (bicyclic) bond motifs is 1. The van der Waals surface area contributed by atoms with Crippen molar-refractivity contribution in [3.8, 4) is 0 Å². The lowest BCUT2D eigenvalue weighted by atomic mass is 10.1. The van der Waals surface area contributed by atoms with E-state index < -0.39 is 0 Å². The molecule has 1 amide bonds. The number of nitrogens with two attached hydrogens (primary N) is 1. The molecule has 21 heavy (non-hydrogen) atoms. The van der Waals surface area contributed by atoms with Gasteiger partial charge in [0.25, 0.3) is 5.91 Å². The SMILES string of the molecule is CCN(CC/C(N)=N/O)C(=O)c1cccc2nccnc12. The van der Waals surface area contributed by atoms with E-state index in [1.165, 1.54) is 0 Å². The number of carbonyl (C=O) groups is 1. The van der Waals surface area contributed by atoms with Gasteiger partial charge in [-0.25, -0.2) is 0 Å². The molecular weight excluding hydrogens is 270 g/mol. The van der Waals surface area contributed by atoms with Crippen molar-refractivity contribution in [3.05, 3.63) is 36.2 Å². The van der Waals surface area contributed by atoms with Crippen LogP contribution < -0.4 is 5.73 Å². The summed E-state index contributed by atoms with van der Waals surface area (Å²) in [6.07, 6.45) is 3.46. The van der Waals surface area contributed by atoms with Crippen LogP contribution in [-0.4, -0.2) is 44.9 Å². The van der Waals surface area contributed by atoms with Crippen LogP contribution in [0.15, 0.2) is 35.7 Å². The highest BCUT2D eigenvalue weighted by atomic mass is 16.4. The van der Waals surface area contributed by atoms with Gasteiger partial charge in [0, 0.05) is 31.9 Å². The Morgan fingerprint density at radius 1 is 1.38 bits per heavy atom. The molecule has 0 fully saturated rings. The largest absolute Gasteiger partial charge is 0.409 e. The van der Waals surface area contributed by atoms with Crippen molar-refractivity contribution in [2.75, 3.05) is 13.1 Å². The monoisotopic (exact) mass is 287 g/mol. The maximum Gasteiger partial charge on any atom is 0.256 e. The van der Waals surface area contributed by atoms with E-state index >= 15 is 0 Å². The minimum atomic E-state index is -0.144. The van der Waals surface area contributed by atoms with Crippen molar-refractivity contribution in [2.45, 2.75) is 13.3 Å². The average Bonchev–Trinajstić information content (AvgIpc) is 2.54. The second-order valence-corrected chi connectivity index (χ2v) is 4.46. The van der Waals surface area contributed by atoms with Crippen molar-refractivity contribution in [3.63, 3.8) is 0 Å². The lowest BCUT2D eigenvalue weighted by Gasteiger charge is -2.21. The fraction of sp³-hybridized carbons (Fsp3) is 0.286. The van der Waals surface area contributed by atoms with Crippen molar-refractivity contribution >= 4 is 22.8 Å². The topological polar surface area (TPSA) is 105 Å². The van der Waals surface area contributed by atoms with Crippen LogP contribution in [0, 0.1) is 0 Å². The summed E-state index contributed by atoms with van der Waals surface area (Å²) in [6.45, 7) is 2.77. The molecule has 0 spiro atoms. The highest BCUT2D eigenvalue weighted by Crippen LogP contribution is 2.16. The van der Waals surface area contributed by atoms with E-state index in [0.717, 1.165) is 0 Å². The molecule has 110 valence electrons. The molecule has 7 heteroatoms. The molecule has 0 saturated heterocycles. The Morgan fingerprint density at radius 3 is 2.86 bits per heavy atom. The Bertz CT molecular complexity index is 666. The fourth-order valence-corrected chi connectivity index (χ4v) is 2.04. The normalized spacial score (nSPS) is 11.6. The molecule has 2 aromatic rings. The first-order chi connectivity index (χ1) is 10.2. The van der Waals surface area contributed by atoms with Crippen molar-refractivity contribution < 1.29 is 10.0 Å². The number of hydrogen-bond donors (Lipinski definition) is 2. The Morgan fingerprint density at radius 2 is 2.14 bits per heavy atom. The molecule has 0 saturated carbocycles. The van der Waals surface area contributed by atoms with Gasteiger partial charge >= 0.3 is 0 Å². The van der Waals surface area contributed by atoms with Gasteiger partial charge in [0.15, 0.2) is 0 Å². The predicted octanol–water partition coefficient (Wildman–Crippen LogP) is 1.23. The van der Waals surface area contributed by atoms with Gasteiger partial charge in [-0.3, -0.25) is 14.8 Å². The number of benzene rings is 1. The first kappa shape index (κ1) is 14.7. The van der Waals surface area contributed by atoms with Crippen LogP contribution in [0.4, 0.5) is 0 Å². The van der Waals surface area contributed by atoms with Gasteiger partial charge in [-0.15, -0.1) is 0 Å². The van der Waals surface area contributed by atoms with Gasteiger partial charge in [0.1, 0.15) is 11.4 Å². The summed E-state index contributed by atoms with van der Waals surface area (Å²) in [7, 11) is 0. The molecule has 1 aromatic heterocycles. The van der Waals surface area contributed by atoms with Crippen LogP contribution in [0.25, 0.3) is 11.0 Å². The summed E-state index contributed by atoms with van der Waals surface area (Å²) < 4.78 is 0. The van der Waals surface area contributed by atoms with Gasteiger partial charge in [-0.1, -0.05) is 11.2 Å². The molecule has 0 bridgehead atoms. The lowest BCUT2D eigenvalue weighted by molar-refractivity contribution is 0.0770. The molecule has 0 aliphatic rings. The third kappa shape index (κ3) is 3.25. The third-order valence-corrected chi connectivity index (χ3v) is 3.16. The minimum absolute atomic E-state index is 0.0963. The zero-order valence-corrected chi connectivity index (χ0v) is 11.7. The summed E-state index contributed by atoms with van der Waals surface area (Å²) in [5.41, 5.74) is 7.20. The molecule has 0 unspecified atom stereocenters. The van der Waals surface area contributed by atoms with Gasteiger partial charge < -0.3 is 15.8 Å². The highest BCUT2D eigenvalue weighted by molar-refractivity contribution is 6.04. The van der Waals surface area contributed by atoms with E-state index in [9.17, 15) is 4.79 Å². The van der Waals surface area contributed by atoms with Crippen molar-refractivity contribution in [1.29, 1.82) is 0 Å². The van der Waals surface area contributed by atoms with E-state index in [1.54, 1.807) is 29.4 Å². The van der Waals surface area contributed by atoms with Crippen LogP contribution in [0.2, 0.25) is 0 Å². The Balaban J connectivity index is 2.27. The van der Waals surface area contributed by atoms with Gasteiger partial charge in [0.2, 0.25) is 0 Å². The number of hydrogen-bond acceptors (Lipinski definition) is 5. The Hall–Kier alpha value is -2.70. The number of amides is 1. The number of rotatable bonds is 5. The first-order valence-corrected chi connectivity index (χ1v) is 6.62. The molecular formula is C14H17N5O2. The summed E-state index contributed by atoms with van der Waals surface area (Å²) in [6, 6.07) is 5.32. The Labute approximate surface area is 122 Å². The molecule has 2 rings (SSSR count). The molecule has 1 aromatic carbocycles. The van der Waals surface area contributed by atoms with E-state index in [1.807, 2.05) is 13.0 Å². The highest BCUT2D eigenvalue weighted by Gasteiger charge is 2.17. The van der Waals surface area contributed by atoms with E-state index in [0.29, 0.717) is 36.1 Å². The second kappa shape index (κ2) is 6.65. The lowest BCUT2D eigenvalue weighted by Crippen LogP contribution is -2.34. The smallest absolute Gasteiger partial charge is 0.256 e. The maximum atomic E-state index is 12.6. The zero-order valence-electron chi connectivity index (χ0n) is 11.7. The first-order valence-electron chi connectivity index (χ1n) is 6.62. The number of amidine groups is 1. The summed E-state index contributed by atoms with van der Waals surface area (Å²) in [5.74, 6) is -0.0479. The van der Waals surface area contributed by atoms with E-state index in [4.69, 9.17) is 10.9 Å². The van der Waals surface area contributed by atoms with Crippen LogP contribution >= 0.6 is 0 Å². The molecule has 0 atom stereocenters. The standard InChI is InChI=1S/C14H17N5O2/c1-2-19(9-6-12(15)18-21)14(20)10-4-3-5-11-13(10)17-8-7-16-11/h3-5,7-8,21H,2,6,9H2,1H3,(H2,15,18). The van der Waals surface area contributed by atoms with Crippen molar-refractivity contribution in [1.82, 2.24) is 14.9 Å². The number of carbonyl (C=O) groups excluding carboxylic acids is 1. The average molecular weight is 287 g/mol. The predicted molar refractivity (Wildman–Crippen MR) is 79.1 cm³/mol.